The van der Waals surface area contributed by atoms with Gasteiger partial charge in [-0.15, -0.1) is 0 Å². The second-order valence-electron chi connectivity index (χ2n) is 9.39. The van der Waals surface area contributed by atoms with Crippen LogP contribution in [0.1, 0.15) is 49.0 Å². The van der Waals surface area contributed by atoms with Gasteiger partial charge in [-0.25, -0.2) is 0 Å². The molecule has 5 nitrogen and oxygen atoms in total. The smallest absolute Gasteiger partial charge is 0.251 e. The zero-order chi connectivity index (χ0) is 22.2. The molecule has 1 saturated heterocycles. The number of nitrogens with zero attached hydrogens (tertiary/aromatic N) is 1. The maximum absolute atomic E-state index is 13.3. The van der Waals surface area contributed by atoms with Crippen molar-refractivity contribution in [1.82, 2.24) is 10.2 Å². The van der Waals surface area contributed by atoms with E-state index in [0.29, 0.717) is 30.1 Å². The Labute approximate surface area is 188 Å². The van der Waals surface area contributed by atoms with Crippen molar-refractivity contribution in [1.29, 1.82) is 0 Å². The lowest BCUT2D eigenvalue weighted by Gasteiger charge is -2.52. The second kappa shape index (κ2) is 8.29. The first-order valence-electron chi connectivity index (χ1n) is 10.8. The fourth-order valence-corrected chi connectivity index (χ4v) is 4.94. The van der Waals surface area contributed by atoms with Crippen LogP contribution in [0.15, 0.2) is 54.6 Å². The highest BCUT2D eigenvalue weighted by atomic mass is 35.5. The van der Waals surface area contributed by atoms with Gasteiger partial charge in [-0.2, -0.15) is 0 Å². The van der Waals surface area contributed by atoms with E-state index in [1.807, 2.05) is 49.1 Å². The van der Waals surface area contributed by atoms with Gasteiger partial charge in [0.15, 0.2) is 0 Å². The van der Waals surface area contributed by atoms with Crippen LogP contribution in [0.2, 0.25) is 5.02 Å². The molecule has 2 aliphatic rings. The average molecular weight is 441 g/mol. The van der Waals surface area contributed by atoms with Crippen LogP contribution in [0.5, 0.6) is 0 Å². The molecule has 2 fully saturated rings. The molecule has 6 heteroatoms. The molecule has 0 bridgehead atoms. The molecule has 4 rings (SSSR count). The molecule has 164 valence electrons. The van der Waals surface area contributed by atoms with Crippen molar-refractivity contribution in [2.24, 2.45) is 11.3 Å². The van der Waals surface area contributed by atoms with Gasteiger partial charge in [0.1, 0.15) is 0 Å². The highest BCUT2D eigenvalue weighted by Crippen LogP contribution is 2.47. The molecule has 0 spiro atoms. The van der Waals surface area contributed by atoms with E-state index in [1.54, 1.807) is 24.3 Å². The van der Waals surface area contributed by atoms with Crippen LogP contribution in [0.3, 0.4) is 0 Å². The monoisotopic (exact) mass is 440 g/mol. The Morgan fingerprint density at radius 1 is 1.06 bits per heavy atom. The third-order valence-electron chi connectivity index (χ3n) is 7.03. The molecule has 0 radical (unpaired) electrons. The van der Waals surface area contributed by atoms with E-state index >= 15 is 0 Å². The van der Waals surface area contributed by atoms with Crippen molar-refractivity contribution in [3.8, 4) is 0 Å². The molecule has 2 amide bonds. The standard InChI is InChI=1S/C25H29ClN2O3/c1-24(2)16-28(15-14-25(24,31)18-8-10-19(26)11-9-18)23(30)20-12-13-21(20)27-22(29)17-6-4-3-5-7-17/h3-11,20-21,31H,12-16H2,1-2H3,(H,27,29)/t20?,21?,25-/m0/s1. The highest BCUT2D eigenvalue weighted by Gasteiger charge is 2.51. The maximum Gasteiger partial charge on any atom is 0.251 e. The minimum absolute atomic E-state index is 0.0656. The van der Waals surface area contributed by atoms with Gasteiger partial charge in [-0.05, 0) is 49.1 Å². The van der Waals surface area contributed by atoms with Gasteiger partial charge in [0, 0.05) is 35.1 Å². The molecule has 2 unspecified atom stereocenters. The lowest BCUT2D eigenvalue weighted by atomic mass is 9.66. The van der Waals surface area contributed by atoms with E-state index in [4.69, 9.17) is 11.6 Å². The Morgan fingerprint density at radius 2 is 1.74 bits per heavy atom. The van der Waals surface area contributed by atoms with Gasteiger partial charge in [0.25, 0.3) is 5.91 Å². The fourth-order valence-electron chi connectivity index (χ4n) is 4.82. The summed E-state index contributed by atoms with van der Waals surface area (Å²) in [6.07, 6.45) is 2.04. The number of hydrogen-bond donors (Lipinski definition) is 2. The van der Waals surface area contributed by atoms with Crippen LogP contribution in [0, 0.1) is 11.3 Å². The molecular weight excluding hydrogens is 412 g/mol. The number of carbonyl (C=O) groups is 2. The molecule has 2 N–H and O–H groups in total. The van der Waals surface area contributed by atoms with Crippen LogP contribution >= 0.6 is 11.6 Å². The van der Waals surface area contributed by atoms with Gasteiger partial charge >= 0.3 is 0 Å². The fraction of sp³-hybridized carbons (Fsp3) is 0.440. The number of halogens is 1. The van der Waals surface area contributed by atoms with Crippen molar-refractivity contribution in [3.63, 3.8) is 0 Å². The molecule has 1 heterocycles. The number of hydrogen-bond acceptors (Lipinski definition) is 3. The predicted octanol–water partition coefficient (Wildman–Crippen LogP) is 3.99. The molecule has 1 saturated carbocycles. The summed E-state index contributed by atoms with van der Waals surface area (Å²) < 4.78 is 0. The maximum atomic E-state index is 13.3. The van der Waals surface area contributed by atoms with Gasteiger partial charge in [-0.1, -0.05) is 55.8 Å². The lowest BCUT2D eigenvalue weighted by molar-refractivity contribution is -0.159. The summed E-state index contributed by atoms with van der Waals surface area (Å²) in [4.78, 5) is 27.6. The summed E-state index contributed by atoms with van der Waals surface area (Å²) in [7, 11) is 0. The van der Waals surface area contributed by atoms with Gasteiger partial charge in [0.2, 0.25) is 5.91 Å². The number of aliphatic hydroxyl groups is 1. The van der Waals surface area contributed by atoms with Crippen LogP contribution in [-0.2, 0) is 10.4 Å². The second-order valence-corrected chi connectivity index (χ2v) is 9.83. The summed E-state index contributed by atoms with van der Waals surface area (Å²) in [5.41, 5.74) is -0.130. The number of amides is 2. The van der Waals surface area contributed by atoms with E-state index in [9.17, 15) is 14.7 Å². The third-order valence-corrected chi connectivity index (χ3v) is 7.28. The van der Waals surface area contributed by atoms with Crippen LogP contribution in [-0.4, -0.2) is 41.0 Å². The normalized spacial score (nSPS) is 27.3. The summed E-state index contributed by atoms with van der Waals surface area (Å²) in [6.45, 7) is 4.94. The molecule has 2 aromatic rings. The topological polar surface area (TPSA) is 69.6 Å². The van der Waals surface area contributed by atoms with Crippen LogP contribution in [0.4, 0.5) is 0 Å². The van der Waals surface area contributed by atoms with Crippen molar-refractivity contribution >= 4 is 23.4 Å². The number of rotatable bonds is 4. The Morgan fingerprint density at radius 3 is 2.32 bits per heavy atom. The first-order chi connectivity index (χ1) is 14.7. The first kappa shape index (κ1) is 21.8. The van der Waals surface area contributed by atoms with Crippen molar-refractivity contribution in [2.75, 3.05) is 13.1 Å². The van der Waals surface area contributed by atoms with Crippen molar-refractivity contribution < 1.29 is 14.7 Å². The number of carbonyl (C=O) groups excluding carboxylic acids is 2. The molecule has 1 aliphatic carbocycles. The van der Waals surface area contributed by atoms with Crippen molar-refractivity contribution in [2.45, 2.75) is 44.8 Å². The number of benzene rings is 2. The Balaban J connectivity index is 1.42. The SMILES string of the molecule is CC1(C)CN(C(=O)C2CCC2NC(=O)c2ccccc2)CC[C@]1(O)c1ccc(Cl)cc1. The van der Waals surface area contributed by atoms with Gasteiger partial charge in [-0.3, -0.25) is 9.59 Å². The molecule has 3 atom stereocenters. The van der Waals surface area contributed by atoms with E-state index in [1.165, 1.54) is 0 Å². The molecule has 0 aromatic heterocycles. The zero-order valence-corrected chi connectivity index (χ0v) is 18.7. The molecular formula is C25H29ClN2O3. The molecule has 31 heavy (non-hydrogen) atoms. The number of piperidine rings is 1. The van der Waals surface area contributed by atoms with E-state index < -0.39 is 11.0 Å². The predicted molar refractivity (Wildman–Crippen MR) is 121 cm³/mol. The summed E-state index contributed by atoms with van der Waals surface area (Å²) in [5.74, 6) is -0.278. The number of likely N-dealkylation sites (tertiary alicyclic amines) is 1. The van der Waals surface area contributed by atoms with Gasteiger partial charge in [0.05, 0.1) is 11.5 Å². The quantitative estimate of drug-likeness (QED) is 0.755. The summed E-state index contributed by atoms with van der Waals surface area (Å²) >= 11 is 6.01. The number of nitrogens with one attached hydrogen (secondary N) is 1. The van der Waals surface area contributed by atoms with E-state index in [2.05, 4.69) is 5.32 Å². The first-order valence-corrected chi connectivity index (χ1v) is 11.2. The van der Waals surface area contributed by atoms with E-state index in [0.717, 1.165) is 18.4 Å². The average Bonchev–Trinajstić information content (AvgIpc) is 2.74. The zero-order valence-electron chi connectivity index (χ0n) is 18.0. The van der Waals surface area contributed by atoms with Crippen LogP contribution < -0.4 is 5.32 Å². The minimum Gasteiger partial charge on any atom is -0.384 e. The minimum atomic E-state index is -1.03. The Kier molecular flexibility index (Phi) is 5.84. The third kappa shape index (κ3) is 4.09. The lowest BCUT2D eigenvalue weighted by Crippen LogP contribution is -2.60. The Bertz CT molecular complexity index is 960. The van der Waals surface area contributed by atoms with Crippen LogP contribution in [0.25, 0.3) is 0 Å². The Hall–Kier alpha value is -2.37. The van der Waals surface area contributed by atoms with Crippen molar-refractivity contribution in [3.05, 3.63) is 70.7 Å². The largest absolute Gasteiger partial charge is 0.384 e. The molecule has 2 aromatic carbocycles. The van der Waals surface area contributed by atoms with Gasteiger partial charge < -0.3 is 15.3 Å². The molecule has 1 aliphatic heterocycles. The summed E-state index contributed by atoms with van der Waals surface area (Å²) in [5, 5.41) is 15.2. The highest BCUT2D eigenvalue weighted by molar-refractivity contribution is 6.30. The van der Waals surface area contributed by atoms with E-state index in [-0.39, 0.29) is 23.8 Å². The summed E-state index contributed by atoms with van der Waals surface area (Å²) in [6, 6.07) is 16.2.